The summed E-state index contributed by atoms with van der Waals surface area (Å²) in [6.45, 7) is 2.20. The highest BCUT2D eigenvalue weighted by atomic mass is 79.9. The Morgan fingerprint density at radius 2 is 1.73 bits per heavy atom. The lowest BCUT2D eigenvalue weighted by Crippen LogP contribution is -2.18. The molecule has 4 aromatic carbocycles. The van der Waals surface area contributed by atoms with E-state index in [0.29, 0.717) is 34.9 Å². The number of methoxy groups -OCH3 is 1. The third-order valence-electron chi connectivity index (χ3n) is 6.23. The van der Waals surface area contributed by atoms with Crippen molar-refractivity contribution in [2.24, 2.45) is 5.10 Å². The van der Waals surface area contributed by atoms with Gasteiger partial charge in [-0.05, 0) is 78.7 Å². The van der Waals surface area contributed by atoms with Gasteiger partial charge in [-0.15, -0.1) is 0 Å². The van der Waals surface area contributed by atoms with Gasteiger partial charge in [0, 0.05) is 20.9 Å². The minimum absolute atomic E-state index is 0.269. The van der Waals surface area contributed by atoms with Gasteiger partial charge in [-0.25, -0.2) is 10.2 Å². The predicted octanol–water partition coefficient (Wildman–Crippen LogP) is 6.99. The number of hydrogen-bond donors (Lipinski definition) is 2. The SMILES string of the molecule is CCOc1cc(C=NNC(=O)c2[nH]c3ccc(Br)cc3c2-c2ccccc2)ccc1OC(=O)c1ccc(OC)cc1. The molecule has 1 heterocycles. The van der Waals surface area contributed by atoms with Crippen molar-refractivity contribution in [3.05, 3.63) is 112 Å². The van der Waals surface area contributed by atoms with E-state index in [0.717, 1.165) is 26.5 Å². The van der Waals surface area contributed by atoms with E-state index in [9.17, 15) is 9.59 Å². The Hall–Kier alpha value is -4.89. The van der Waals surface area contributed by atoms with Crippen LogP contribution in [0.5, 0.6) is 17.2 Å². The van der Waals surface area contributed by atoms with Crippen LogP contribution in [0.2, 0.25) is 0 Å². The second-order valence-electron chi connectivity index (χ2n) is 8.89. The van der Waals surface area contributed by atoms with Crippen LogP contribution >= 0.6 is 15.9 Å². The molecule has 1 aromatic heterocycles. The van der Waals surface area contributed by atoms with Gasteiger partial charge >= 0.3 is 5.97 Å². The van der Waals surface area contributed by atoms with E-state index in [4.69, 9.17) is 14.2 Å². The third kappa shape index (κ3) is 6.31. The number of aromatic amines is 1. The average molecular weight is 612 g/mol. The van der Waals surface area contributed by atoms with Crippen molar-refractivity contribution in [1.82, 2.24) is 10.4 Å². The summed E-state index contributed by atoms with van der Waals surface area (Å²) in [5, 5.41) is 5.08. The Morgan fingerprint density at radius 1 is 0.951 bits per heavy atom. The van der Waals surface area contributed by atoms with Crippen molar-refractivity contribution < 1.29 is 23.8 Å². The number of aromatic nitrogens is 1. The van der Waals surface area contributed by atoms with E-state index in [1.54, 1.807) is 49.6 Å². The smallest absolute Gasteiger partial charge is 0.343 e. The largest absolute Gasteiger partial charge is 0.497 e. The fraction of sp³-hybridized carbons (Fsp3) is 0.0938. The molecule has 8 nitrogen and oxygen atoms in total. The molecule has 0 radical (unpaired) electrons. The second-order valence-corrected chi connectivity index (χ2v) is 9.80. The molecule has 0 spiro atoms. The lowest BCUT2D eigenvalue weighted by atomic mass is 10.0. The van der Waals surface area contributed by atoms with Gasteiger partial charge < -0.3 is 19.2 Å². The second kappa shape index (κ2) is 12.5. The number of carbonyl (C=O) groups excluding carboxylic acids is 2. The number of ether oxygens (including phenoxy) is 3. The number of nitrogens with zero attached hydrogens (tertiary/aromatic N) is 1. The molecule has 0 fully saturated rings. The first-order valence-corrected chi connectivity index (χ1v) is 13.6. The van der Waals surface area contributed by atoms with Crippen LogP contribution in [-0.4, -0.2) is 36.8 Å². The van der Waals surface area contributed by atoms with Gasteiger partial charge in [-0.2, -0.15) is 5.10 Å². The number of H-pyrrole nitrogens is 1. The zero-order valence-corrected chi connectivity index (χ0v) is 23.9. The Bertz CT molecular complexity index is 1730. The van der Waals surface area contributed by atoms with E-state index in [1.165, 1.54) is 6.21 Å². The molecule has 0 saturated carbocycles. The molecule has 5 rings (SSSR count). The minimum Gasteiger partial charge on any atom is -0.497 e. The van der Waals surface area contributed by atoms with E-state index >= 15 is 0 Å². The molecule has 206 valence electrons. The van der Waals surface area contributed by atoms with E-state index in [2.05, 4.69) is 31.4 Å². The summed E-state index contributed by atoms with van der Waals surface area (Å²) >= 11 is 3.52. The third-order valence-corrected chi connectivity index (χ3v) is 6.72. The summed E-state index contributed by atoms with van der Waals surface area (Å²) in [5.74, 6) is 0.369. The van der Waals surface area contributed by atoms with Crippen LogP contribution in [-0.2, 0) is 0 Å². The highest BCUT2D eigenvalue weighted by Crippen LogP contribution is 2.34. The van der Waals surface area contributed by atoms with Crippen LogP contribution in [0.1, 0.15) is 33.3 Å². The maximum absolute atomic E-state index is 13.2. The summed E-state index contributed by atoms with van der Waals surface area (Å²) < 4.78 is 17.3. The summed E-state index contributed by atoms with van der Waals surface area (Å²) in [4.78, 5) is 29.1. The molecular weight excluding hydrogens is 586 g/mol. The van der Waals surface area contributed by atoms with Crippen LogP contribution in [0.15, 0.2) is 101 Å². The number of esters is 1. The molecule has 5 aromatic rings. The van der Waals surface area contributed by atoms with Gasteiger partial charge in [-0.3, -0.25) is 4.79 Å². The Kier molecular flexibility index (Phi) is 8.45. The molecule has 2 N–H and O–H groups in total. The van der Waals surface area contributed by atoms with Gasteiger partial charge in [0.2, 0.25) is 0 Å². The zero-order chi connectivity index (χ0) is 28.8. The predicted molar refractivity (Wildman–Crippen MR) is 162 cm³/mol. The lowest BCUT2D eigenvalue weighted by molar-refractivity contribution is 0.0728. The number of hydrazone groups is 1. The number of benzene rings is 4. The number of rotatable bonds is 9. The monoisotopic (exact) mass is 611 g/mol. The van der Waals surface area contributed by atoms with Gasteiger partial charge in [-0.1, -0.05) is 46.3 Å². The molecule has 0 unspecified atom stereocenters. The van der Waals surface area contributed by atoms with Crippen LogP contribution in [0, 0.1) is 0 Å². The molecule has 0 aliphatic heterocycles. The van der Waals surface area contributed by atoms with Crippen LogP contribution in [0.25, 0.3) is 22.0 Å². The van der Waals surface area contributed by atoms with Crippen molar-refractivity contribution in [1.29, 1.82) is 0 Å². The van der Waals surface area contributed by atoms with E-state index in [-0.39, 0.29) is 11.7 Å². The first-order valence-electron chi connectivity index (χ1n) is 12.8. The number of fused-ring (bicyclic) bond motifs is 1. The molecule has 41 heavy (non-hydrogen) atoms. The van der Waals surface area contributed by atoms with Crippen molar-refractivity contribution in [3.8, 4) is 28.4 Å². The molecule has 9 heteroatoms. The van der Waals surface area contributed by atoms with Crippen LogP contribution < -0.4 is 19.6 Å². The fourth-order valence-electron chi connectivity index (χ4n) is 4.30. The van der Waals surface area contributed by atoms with Crippen molar-refractivity contribution >= 4 is 44.9 Å². The number of carbonyl (C=O) groups is 2. The number of hydrogen-bond acceptors (Lipinski definition) is 6. The lowest BCUT2D eigenvalue weighted by Gasteiger charge is -2.11. The van der Waals surface area contributed by atoms with Gasteiger partial charge in [0.1, 0.15) is 11.4 Å². The van der Waals surface area contributed by atoms with Crippen molar-refractivity contribution in [2.75, 3.05) is 13.7 Å². The number of halogens is 1. The summed E-state index contributed by atoms with van der Waals surface area (Å²) in [6, 6.07) is 27.2. The van der Waals surface area contributed by atoms with Gasteiger partial charge in [0.05, 0.1) is 25.5 Å². The molecule has 1 amide bonds. The standard InChI is InChI=1S/C32H26BrN3O5/c1-3-40-28-17-20(9-16-27(28)41-32(38)22-10-13-24(39-2)14-11-22)19-34-36-31(37)30-29(21-7-5-4-6-8-21)25-18-23(33)12-15-26(25)35-30/h4-19,35H,3H2,1-2H3,(H,36,37). The normalized spacial score (nSPS) is 11.0. The average Bonchev–Trinajstić information content (AvgIpc) is 3.37. The maximum Gasteiger partial charge on any atom is 0.343 e. The minimum atomic E-state index is -0.526. The van der Waals surface area contributed by atoms with Crippen molar-refractivity contribution in [3.63, 3.8) is 0 Å². The Balaban J connectivity index is 1.34. The quantitative estimate of drug-likeness (QED) is 0.0809. The topological polar surface area (TPSA) is 102 Å². The number of amides is 1. The first-order chi connectivity index (χ1) is 20.0. The zero-order valence-electron chi connectivity index (χ0n) is 22.3. The first kappa shape index (κ1) is 27.7. The maximum atomic E-state index is 13.2. The molecule has 0 aliphatic carbocycles. The highest BCUT2D eigenvalue weighted by molar-refractivity contribution is 9.10. The Labute approximate surface area is 245 Å². The summed E-state index contributed by atoms with van der Waals surface area (Å²) in [5.41, 5.74) is 6.56. The summed E-state index contributed by atoms with van der Waals surface area (Å²) in [6.07, 6.45) is 1.50. The van der Waals surface area contributed by atoms with Crippen molar-refractivity contribution in [2.45, 2.75) is 6.92 Å². The highest BCUT2D eigenvalue weighted by Gasteiger charge is 2.19. The van der Waals surface area contributed by atoms with E-state index in [1.807, 2.05) is 55.5 Å². The van der Waals surface area contributed by atoms with Crippen LogP contribution in [0.3, 0.4) is 0 Å². The molecular formula is C32H26BrN3O5. The summed E-state index contributed by atoms with van der Waals surface area (Å²) in [7, 11) is 1.56. The molecule has 0 aliphatic rings. The van der Waals surface area contributed by atoms with Crippen LogP contribution in [0.4, 0.5) is 0 Å². The van der Waals surface area contributed by atoms with Gasteiger partial charge in [0.15, 0.2) is 11.5 Å². The molecule has 0 bridgehead atoms. The number of nitrogens with one attached hydrogen (secondary N) is 2. The Morgan fingerprint density at radius 3 is 2.46 bits per heavy atom. The van der Waals surface area contributed by atoms with Gasteiger partial charge in [0.25, 0.3) is 5.91 Å². The molecule has 0 saturated heterocycles. The van der Waals surface area contributed by atoms with E-state index < -0.39 is 5.97 Å². The fourth-order valence-corrected chi connectivity index (χ4v) is 4.67. The molecule has 0 atom stereocenters.